The summed E-state index contributed by atoms with van der Waals surface area (Å²) < 4.78 is 5.82. The van der Waals surface area contributed by atoms with Gasteiger partial charge in [0.05, 0.1) is 6.10 Å². The third-order valence-electron chi connectivity index (χ3n) is 5.77. The predicted molar refractivity (Wildman–Crippen MR) is 94.0 cm³/mol. The summed E-state index contributed by atoms with van der Waals surface area (Å²) in [7, 11) is 0. The Morgan fingerprint density at radius 1 is 1.12 bits per heavy atom. The molecule has 2 atom stereocenters. The number of hydrogen-bond donors (Lipinski definition) is 2. The van der Waals surface area contributed by atoms with Crippen LogP contribution in [0.1, 0.15) is 43.2 Å². The Hall–Kier alpha value is -1.55. The Bertz CT molecular complexity index is 560. The van der Waals surface area contributed by atoms with Gasteiger partial charge in [-0.05, 0) is 67.9 Å². The van der Waals surface area contributed by atoms with Crippen LogP contribution >= 0.6 is 0 Å². The molecule has 0 spiro atoms. The number of carbonyl (C=O) groups is 1. The molecule has 2 amide bonds. The third-order valence-corrected chi connectivity index (χ3v) is 5.77. The molecule has 0 radical (unpaired) electrons. The van der Waals surface area contributed by atoms with E-state index < -0.39 is 0 Å². The van der Waals surface area contributed by atoms with E-state index >= 15 is 0 Å². The first-order chi connectivity index (χ1) is 11.8. The highest BCUT2D eigenvalue weighted by Gasteiger charge is 2.36. The summed E-state index contributed by atoms with van der Waals surface area (Å²) in [6.45, 7) is 1.55. The first-order valence-corrected chi connectivity index (χ1v) is 9.50. The summed E-state index contributed by atoms with van der Waals surface area (Å²) in [6.07, 6.45) is 8.26. The Balaban J connectivity index is 1.15. The number of urea groups is 1. The van der Waals surface area contributed by atoms with E-state index in [9.17, 15) is 4.79 Å². The number of fused-ring (bicyclic) bond motifs is 1. The number of ether oxygens (including phenoxy) is 1. The zero-order valence-electron chi connectivity index (χ0n) is 14.3. The summed E-state index contributed by atoms with van der Waals surface area (Å²) in [5, 5.41) is 6.20. The molecule has 1 aromatic rings. The molecule has 2 fully saturated rings. The summed E-state index contributed by atoms with van der Waals surface area (Å²) >= 11 is 0. The number of rotatable bonds is 5. The highest BCUT2D eigenvalue weighted by atomic mass is 16.5. The van der Waals surface area contributed by atoms with E-state index in [1.54, 1.807) is 0 Å². The molecular formula is C20H28N2O2. The highest BCUT2D eigenvalue weighted by molar-refractivity contribution is 5.74. The van der Waals surface area contributed by atoms with Crippen molar-refractivity contribution in [1.29, 1.82) is 0 Å². The molecule has 2 N–H and O–H groups in total. The van der Waals surface area contributed by atoms with E-state index in [0.29, 0.717) is 12.0 Å². The van der Waals surface area contributed by atoms with Crippen molar-refractivity contribution in [3.05, 3.63) is 35.4 Å². The van der Waals surface area contributed by atoms with Gasteiger partial charge in [0, 0.05) is 19.2 Å². The summed E-state index contributed by atoms with van der Waals surface area (Å²) in [4.78, 5) is 12.1. The summed E-state index contributed by atoms with van der Waals surface area (Å²) in [5.41, 5.74) is 2.97. The number of benzene rings is 1. The van der Waals surface area contributed by atoms with Crippen LogP contribution in [-0.4, -0.2) is 31.3 Å². The quantitative estimate of drug-likeness (QED) is 0.873. The Labute approximate surface area is 144 Å². The lowest BCUT2D eigenvalue weighted by Gasteiger charge is -2.30. The minimum absolute atomic E-state index is 0.00745. The second kappa shape index (κ2) is 7.14. The topological polar surface area (TPSA) is 50.4 Å². The van der Waals surface area contributed by atoms with Gasteiger partial charge in [-0.25, -0.2) is 4.79 Å². The standard InChI is InChI=1S/C20H28N2O2/c23-20(22-18-8-10-24-19(13-18)15-5-6-15)21-9-7-14-11-16-3-1-2-4-17(16)12-14/h1-4,14-15,18-19H,5-13H2,(H2,21,22,23)/t18-,19+/m0/s1. The van der Waals surface area contributed by atoms with Crippen molar-refractivity contribution < 1.29 is 9.53 Å². The fourth-order valence-electron chi connectivity index (χ4n) is 4.24. The zero-order chi connectivity index (χ0) is 16.4. The molecule has 4 nitrogen and oxygen atoms in total. The highest BCUT2D eigenvalue weighted by Crippen LogP contribution is 2.38. The second-order valence-electron chi connectivity index (χ2n) is 7.70. The van der Waals surface area contributed by atoms with Crippen LogP contribution in [0.25, 0.3) is 0 Å². The van der Waals surface area contributed by atoms with Crippen LogP contribution in [0.15, 0.2) is 24.3 Å². The molecule has 2 aliphatic carbocycles. The van der Waals surface area contributed by atoms with Gasteiger partial charge in [-0.2, -0.15) is 0 Å². The van der Waals surface area contributed by atoms with Gasteiger partial charge in [-0.1, -0.05) is 24.3 Å². The van der Waals surface area contributed by atoms with Crippen LogP contribution < -0.4 is 10.6 Å². The largest absolute Gasteiger partial charge is 0.378 e. The van der Waals surface area contributed by atoms with E-state index in [0.717, 1.165) is 51.2 Å². The number of nitrogens with one attached hydrogen (secondary N) is 2. The minimum atomic E-state index is -0.00745. The molecule has 0 bridgehead atoms. The molecule has 0 aromatic heterocycles. The van der Waals surface area contributed by atoms with Crippen LogP contribution in [0.2, 0.25) is 0 Å². The third kappa shape index (κ3) is 3.92. The first kappa shape index (κ1) is 15.9. The second-order valence-corrected chi connectivity index (χ2v) is 7.70. The van der Waals surface area contributed by atoms with Gasteiger partial charge in [0.25, 0.3) is 0 Å². The summed E-state index contributed by atoms with van der Waals surface area (Å²) in [5.74, 6) is 1.42. The lowest BCUT2D eigenvalue weighted by atomic mass is 10.0. The van der Waals surface area contributed by atoms with Crippen molar-refractivity contribution in [2.24, 2.45) is 11.8 Å². The van der Waals surface area contributed by atoms with Crippen molar-refractivity contribution in [3.63, 3.8) is 0 Å². The van der Waals surface area contributed by atoms with Crippen molar-refractivity contribution in [2.75, 3.05) is 13.2 Å². The normalized spacial score (nSPS) is 26.8. The average molecular weight is 328 g/mol. The molecule has 1 heterocycles. The Kier molecular flexibility index (Phi) is 4.74. The zero-order valence-corrected chi connectivity index (χ0v) is 14.3. The van der Waals surface area contributed by atoms with E-state index in [1.165, 1.54) is 24.0 Å². The number of hydrogen-bond acceptors (Lipinski definition) is 2. The van der Waals surface area contributed by atoms with E-state index in [-0.39, 0.29) is 12.1 Å². The minimum Gasteiger partial charge on any atom is -0.378 e. The van der Waals surface area contributed by atoms with E-state index in [2.05, 4.69) is 34.9 Å². The van der Waals surface area contributed by atoms with Crippen molar-refractivity contribution in [3.8, 4) is 0 Å². The maximum Gasteiger partial charge on any atom is 0.315 e. The maximum absolute atomic E-state index is 12.1. The Morgan fingerprint density at radius 3 is 2.58 bits per heavy atom. The lowest BCUT2D eigenvalue weighted by molar-refractivity contribution is -0.00913. The monoisotopic (exact) mass is 328 g/mol. The van der Waals surface area contributed by atoms with Gasteiger partial charge >= 0.3 is 6.03 Å². The van der Waals surface area contributed by atoms with Gasteiger partial charge in [-0.15, -0.1) is 0 Å². The van der Waals surface area contributed by atoms with E-state index in [4.69, 9.17) is 4.74 Å². The van der Waals surface area contributed by atoms with Crippen molar-refractivity contribution >= 4 is 6.03 Å². The molecule has 130 valence electrons. The van der Waals surface area contributed by atoms with Crippen LogP contribution in [0, 0.1) is 11.8 Å². The average Bonchev–Trinajstić information content (AvgIpc) is 3.35. The molecule has 1 aromatic carbocycles. The van der Waals surface area contributed by atoms with Crippen LogP contribution in [0.5, 0.6) is 0 Å². The predicted octanol–water partition coefficient (Wildman–Crippen LogP) is 3.05. The molecule has 24 heavy (non-hydrogen) atoms. The molecule has 1 saturated heterocycles. The molecule has 4 heteroatoms. The number of carbonyl (C=O) groups excluding carboxylic acids is 1. The summed E-state index contributed by atoms with van der Waals surface area (Å²) in [6, 6.07) is 8.98. The van der Waals surface area contributed by atoms with Gasteiger partial charge < -0.3 is 15.4 Å². The fraction of sp³-hybridized carbons (Fsp3) is 0.650. The molecule has 1 aliphatic heterocycles. The maximum atomic E-state index is 12.1. The van der Waals surface area contributed by atoms with Gasteiger partial charge in [0.2, 0.25) is 0 Å². The number of amides is 2. The van der Waals surface area contributed by atoms with Crippen LogP contribution in [-0.2, 0) is 17.6 Å². The SMILES string of the molecule is O=C(NCCC1Cc2ccccc2C1)N[C@H]1CCO[C@@H](C2CC2)C1. The first-order valence-electron chi connectivity index (χ1n) is 9.50. The smallest absolute Gasteiger partial charge is 0.315 e. The Morgan fingerprint density at radius 2 is 1.88 bits per heavy atom. The van der Waals surface area contributed by atoms with E-state index in [1.807, 2.05) is 0 Å². The van der Waals surface area contributed by atoms with Gasteiger partial charge in [0.15, 0.2) is 0 Å². The molecule has 4 rings (SSSR count). The molecule has 3 aliphatic rings. The van der Waals surface area contributed by atoms with Crippen LogP contribution in [0.4, 0.5) is 4.79 Å². The van der Waals surface area contributed by atoms with Crippen LogP contribution in [0.3, 0.4) is 0 Å². The molecule has 0 unspecified atom stereocenters. The fourth-order valence-corrected chi connectivity index (χ4v) is 4.24. The molecule has 1 saturated carbocycles. The molecular weight excluding hydrogens is 300 g/mol. The van der Waals surface area contributed by atoms with Crippen molar-refractivity contribution in [1.82, 2.24) is 10.6 Å². The van der Waals surface area contributed by atoms with Crippen molar-refractivity contribution in [2.45, 2.75) is 57.1 Å². The lowest BCUT2D eigenvalue weighted by Crippen LogP contribution is -2.47. The van der Waals surface area contributed by atoms with Gasteiger partial charge in [0.1, 0.15) is 0 Å². The van der Waals surface area contributed by atoms with Gasteiger partial charge in [-0.3, -0.25) is 0 Å².